The van der Waals surface area contributed by atoms with E-state index in [4.69, 9.17) is 9.47 Å². The fraction of sp³-hybridized carbons (Fsp3) is 0.182. The largest absolute Gasteiger partial charge is 0.493 e. The van der Waals surface area contributed by atoms with Gasteiger partial charge in [0, 0.05) is 30.0 Å². The van der Waals surface area contributed by atoms with Gasteiger partial charge in [0.25, 0.3) is 5.69 Å². The number of nitrogens with one attached hydrogen (secondary N) is 1. The van der Waals surface area contributed by atoms with E-state index in [2.05, 4.69) is 71.0 Å². The number of nitrogens with zero attached hydrogens (tertiary/aromatic N) is 2. The fourth-order valence-electron chi connectivity index (χ4n) is 5.55. The zero-order valence-corrected chi connectivity index (χ0v) is 22.1. The van der Waals surface area contributed by atoms with Gasteiger partial charge in [-0.1, -0.05) is 42.5 Å². The summed E-state index contributed by atoms with van der Waals surface area (Å²) in [6, 6.07) is 29.3. The van der Waals surface area contributed by atoms with Crippen LogP contribution in [0.25, 0.3) is 0 Å². The Bertz CT molecular complexity index is 1580. The number of hydrogen-bond acceptors (Lipinski definition) is 6. The number of hydrogen-bond donors (Lipinski definition) is 1. The molecule has 0 saturated heterocycles. The lowest BCUT2D eigenvalue weighted by Gasteiger charge is -2.37. The van der Waals surface area contributed by atoms with Gasteiger partial charge in [0.15, 0.2) is 11.5 Å². The molecule has 0 radical (unpaired) electrons. The summed E-state index contributed by atoms with van der Waals surface area (Å²) in [4.78, 5) is 15.1. The summed E-state index contributed by atoms with van der Waals surface area (Å²) < 4.78 is 11.4. The molecule has 7 nitrogen and oxygen atoms in total. The summed E-state index contributed by atoms with van der Waals surface area (Å²) in [5.41, 5.74) is 6.51. The van der Waals surface area contributed by atoms with Gasteiger partial charge in [-0.15, -0.1) is 0 Å². The Hall–Kier alpha value is -4.91. The highest BCUT2D eigenvalue weighted by molar-refractivity contribution is 5.83. The second-order valence-corrected chi connectivity index (χ2v) is 10.0. The molecule has 2 aliphatic rings. The number of ether oxygens (including phenoxy) is 2. The number of methoxy groups -OCH3 is 1. The SMILES string of the molecule is COc1cc(C=Nc2ccc([C@@H]3Nc4ccccc4[C@@H]4C=CC[C@@H]43)cc2)ccc1OCc1ccc([N+](=O)[O-])cc1. The van der Waals surface area contributed by atoms with Crippen molar-refractivity contribution in [2.24, 2.45) is 10.9 Å². The van der Waals surface area contributed by atoms with Gasteiger partial charge in [-0.2, -0.15) is 0 Å². The first-order valence-electron chi connectivity index (χ1n) is 13.3. The van der Waals surface area contributed by atoms with Gasteiger partial charge in [-0.3, -0.25) is 15.1 Å². The normalized spacial score (nSPS) is 19.1. The molecule has 4 aromatic carbocycles. The van der Waals surface area contributed by atoms with Crippen molar-refractivity contribution in [3.63, 3.8) is 0 Å². The van der Waals surface area contributed by atoms with Crippen molar-refractivity contribution >= 4 is 23.3 Å². The Morgan fingerprint density at radius 2 is 1.80 bits per heavy atom. The van der Waals surface area contributed by atoms with E-state index >= 15 is 0 Å². The van der Waals surface area contributed by atoms with Crippen LogP contribution in [0.3, 0.4) is 0 Å². The maximum atomic E-state index is 10.8. The molecule has 0 unspecified atom stereocenters. The van der Waals surface area contributed by atoms with E-state index in [1.165, 1.54) is 28.9 Å². The van der Waals surface area contributed by atoms with Gasteiger partial charge < -0.3 is 14.8 Å². The molecule has 0 fully saturated rings. The van der Waals surface area contributed by atoms with Crippen LogP contribution in [0.15, 0.2) is 108 Å². The number of aliphatic imine (C=N–C) groups is 1. The first-order valence-corrected chi connectivity index (χ1v) is 13.3. The number of anilines is 1. The molecule has 0 aromatic heterocycles. The third-order valence-corrected chi connectivity index (χ3v) is 7.62. The molecule has 0 saturated carbocycles. The molecule has 7 heteroatoms. The molecule has 0 amide bonds. The highest BCUT2D eigenvalue weighted by atomic mass is 16.6. The van der Waals surface area contributed by atoms with E-state index in [1.807, 2.05) is 24.4 Å². The molecule has 6 rings (SSSR count). The summed E-state index contributed by atoms with van der Waals surface area (Å²) in [7, 11) is 1.59. The van der Waals surface area contributed by atoms with Crippen LogP contribution in [-0.2, 0) is 6.61 Å². The number of rotatable bonds is 8. The smallest absolute Gasteiger partial charge is 0.269 e. The maximum absolute atomic E-state index is 10.8. The molecule has 3 atom stereocenters. The summed E-state index contributed by atoms with van der Waals surface area (Å²) in [5.74, 6) is 2.14. The molecule has 200 valence electrons. The van der Waals surface area contributed by atoms with E-state index in [0.29, 0.717) is 23.3 Å². The maximum Gasteiger partial charge on any atom is 0.269 e. The van der Waals surface area contributed by atoms with Crippen molar-refractivity contribution < 1.29 is 14.4 Å². The standard InChI is InChI=1S/C33H29N3O4/c1-39-32-19-23(11-18-31(32)40-21-22-9-16-26(17-10-22)36(37)38)20-34-25-14-12-24(13-15-25)33-29-7-4-6-27(29)28-5-2-3-8-30(28)35-33/h2-6,8-20,27,29,33,35H,7,21H2,1H3/t27-,29-,33-/m0/s1. The number of nitro benzene ring substituents is 1. The average Bonchev–Trinajstić information content (AvgIpc) is 3.50. The highest BCUT2D eigenvalue weighted by Gasteiger charge is 2.37. The lowest BCUT2D eigenvalue weighted by Crippen LogP contribution is -2.28. The molecule has 0 bridgehead atoms. The molecule has 40 heavy (non-hydrogen) atoms. The molecule has 4 aromatic rings. The minimum atomic E-state index is -0.419. The van der Waals surface area contributed by atoms with E-state index < -0.39 is 4.92 Å². The van der Waals surface area contributed by atoms with Crippen molar-refractivity contribution in [2.45, 2.75) is 25.0 Å². The van der Waals surface area contributed by atoms with Crippen LogP contribution in [0.5, 0.6) is 11.5 Å². The Labute approximate surface area is 233 Å². The van der Waals surface area contributed by atoms with Crippen molar-refractivity contribution in [1.29, 1.82) is 0 Å². The Kier molecular flexibility index (Phi) is 7.02. The van der Waals surface area contributed by atoms with Gasteiger partial charge in [0.1, 0.15) is 6.61 Å². The molecular formula is C33H29N3O4. The van der Waals surface area contributed by atoms with Crippen LogP contribution >= 0.6 is 0 Å². The van der Waals surface area contributed by atoms with Gasteiger partial charge >= 0.3 is 0 Å². The van der Waals surface area contributed by atoms with Crippen molar-refractivity contribution in [2.75, 3.05) is 12.4 Å². The zero-order chi connectivity index (χ0) is 27.5. The summed E-state index contributed by atoms with van der Waals surface area (Å²) >= 11 is 0. The first kappa shape index (κ1) is 25.4. The van der Waals surface area contributed by atoms with E-state index in [9.17, 15) is 10.1 Å². The predicted octanol–water partition coefficient (Wildman–Crippen LogP) is 7.76. The van der Waals surface area contributed by atoms with Crippen LogP contribution in [0.4, 0.5) is 17.1 Å². The minimum Gasteiger partial charge on any atom is -0.493 e. The van der Waals surface area contributed by atoms with Gasteiger partial charge in [0.2, 0.25) is 0 Å². The molecule has 1 heterocycles. The molecule has 1 aliphatic heterocycles. The second-order valence-electron chi connectivity index (χ2n) is 10.0. The third-order valence-electron chi connectivity index (χ3n) is 7.62. The molecule has 0 spiro atoms. The number of allylic oxidation sites excluding steroid dienone is 2. The molecule has 1 aliphatic carbocycles. The van der Waals surface area contributed by atoms with Crippen LogP contribution in [0.2, 0.25) is 0 Å². The predicted molar refractivity (Wildman–Crippen MR) is 157 cm³/mol. The lowest BCUT2D eigenvalue weighted by molar-refractivity contribution is -0.384. The van der Waals surface area contributed by atoms with E-state index in [0.717, 1.165) is 23.2 Å². The van der Waals surface area contributed by atoms with Crippen molar-refractivity contribution in [1.82, 2.24) is 0 Å². The number of non-ortho nitro benzene ring substituents is 1. The van der Waals surface area contributed by atoms with Crippen LogP contribution < -0.4 is 14.8 Å². The monoisotopic (exact) mass is 531 g/mol. The molecule has 1 N–H and O–H groups in total. The number of nitro groups is 1. The second kappa shape index (κ2) is 11.1. The summed E-state index contributed by atoms with van der Waals surface area (Å²) in [5, 5.41) is 14.6. The van der Waals surface area contributed by atoms with E-state index in [-0.39, 0.29) is 18.3 Å². The zero-order valence-electron chi connectivity index (χ0n) is 22.1. The Morgan fingerprint density at radius 3 is 2.58 bits per heavy atom. The first-order chi connectivity index (χ1) is 19.6. The van der Waals surface area contributed by atoms with Crippen LogP contribution in [0.1, 0.15) is 40.6 Å². The van der Waals surface area contributed by atoms with Crippen LogP contribution in [-0.4, -0.2) is 18.2 Å². The number of para-hydroxylation sites is 1. The lowest BCUT2D eigenvalue weighted by atomic mass is 9.77. The van der Waals surface area contributed by atoms with Crippen molar-refractivity contribution in [3.05, 3.63) is 136 Å². The van der Waals surface area contributed by atoms with E-state index in [1.54, 1.807) is 19.2 Å². The third kappa shape index (κ3) is 5.18. The highest BCUT2D eigenvalue weighted by Crippen LogP contribution is 2.49. The number of fused-ring (bicyclic) bond motifs is 3. The Balaban J connectivity index is 1.12. The van der Waals surface area contributed by atoms with Crippen molar-refractivity contribution in [3.8, 4) is 11.5 Å². The summed E-state index contributed by atoms with van der Waals surface area (Å²) in [6.45, 7) is 0.271. The quantitative estimate of drug-likeness (QED) is 0.109. The average molecular weight is 532 g/mol. The van der Waals surface area contributed by atoms with Gasteiger partial charge in [-0.05, 0) is 83.1 Å². The minimum absolute atomic E-state index is 0.0517. The summed E-state index contributed by atoms with van der Waals surface area (Å²) in [6.07, 6.45) is 7.55. The van der Waals surface area contributed by atoms with Crippen LogP contribution in [0, 0.1) is 16.0 Å². The number of benzene rings is 4. The van der Waals surface area contributed by atoms with Gasteiger partial charge in [-0.25, -0.2) is 0 Å². The Morgan fingerprint density at radius 1 is 1.00 bits per heavy atom. The topological polar surface area (TPSA) is 86.0 Å². The fourth-order valence-corrected chi connectivity index (χ4v) is 5.55. The molecular weight excluding hydrogens is 502 g/mol. The van der Waals surface area contributed by atoms with Gasteiger partial charge in [0.05, 0.1) is 23.8 Å².